The zero-order valence-corrected chi connectivity index (χ0v) is 50.8. The quantitative estimate of drug-likeness (QED) is 0.0260. The molecule has 2 aliphatic rings. The molecule has 0 unspecified atom stereocenters. The minimum atomic E-state index is -0.619. The van der Waals surface area contributed by atoms with Crippen molar-refractivity contribution in [3.05, 3.63) is 107 Å². The van der Waals surface area contributed by atoms with Gasteiger partial charge in [0.2, 0.25) is 0 Å². The molecule has 5 rings (SSSR count). The van der Waals surface area contributed by atoms with Gasteiger partial charge in [0.1, 0.15) is 23.0 Å². The van der Waals surface area contributed by atoms with Crippen LogP contribution in [0.3, 0.4) is 0 Å². The summed E-state index contributed by atoms with van der Waals surface area (Å²) in [5.41, 5.74) is 3.07. The van der Waals surface area contributed by atoms with Gasteiger partial charge in [-0.3, -0.25) is 38.4 Å². The smallest absolute Gasteiger partial charge is 0.330 e. The SMILES string of the molecule is C=CC(=O)OCC(C)(C)COC(=O)CCC(=O)OCCc1ccc(OC(=O)C2CCC(C(=O)Oc3c(C)c(C)c(OC(=O)C4CCC(C(=O)Oc5ccc(CCOC(=O)CCC(=O)OCC(C)(C)COC(=O)C=C)cc5)CC4)c(C)c3C)CC2)cc1. The van der Waals surface area contributed by atoms with Crippen molar-refractivity contribution in [3.63, 3.8) is 0 Å². The summed E-state index contributed by atoms with van der Waals surface area (Å²) in [5, 5.41) is 0. The molecule has 20 nitrogen and oxygen atoms in total. The Bertz CT molecular complexity index is 2690. The highest BCUT2D eigenvalue weighted by atomic mass is 16.6. The van der Waals surface area contributed by atoms with Crippen molar-refractivity contribution in [2.45, 2.75) is 145 Å². The van der Waals surface area contributed by atoms with Crippen LogP contribution in [0.15, 0.2) is 73.8 Å². The van der Waals surface area contributed by atoms with Crippen molar-refractivity contribution in [2.75, 3.05) is 39.6 Å². The average molecular weight is 1200 g/mol. The fourth-order valence-corrected chi connectivity index (χ4v) is 9.44. The monoisotopic (exact) mass is 1190 g/mol. The van der Waals surface area contributed by atoms with Crippen molar-refractivity contribution >= 4 is 59.7 Å². The van der Waals surface area contributed by atoms with E-state index in [1.807, 2.05) is 27.7 Å². The van der Waals surface area contributed by atoms with Gasteiger partial charge in [0, 0.05) is 35.8 Å². The van der Waals surface area contributed by atoms with Crippen molar-refractivity contribution in [1.82, 2.24) is 0 Å². The van der Waals surface area contributed by atoms with Crippen LogP contribution in [0, 0.1) is 62.2 Å². The molecular weight excluding hydrogens is 1110 g/mol. The molecule has 2 aliphatic carbocycles. The Balaban J connectivity index is 0.965. The van der Waals surface area contributed by atoms with E-state index in [1.165, 1.54) is 0 Å². The van der Waals surface area contributed by atoms with Gasteiger partial charge in [-0.1, -0.05) is 65.1 Å². The molecule has 0 radical (unpaired) electrons. The van der Waals surface area contributed by atoms with Gasteiger partial charge in [-0.15, -0.1) is 0 Å². The van der Waals surface area contributed by atoms with E-state index in [4.69, 9.17) is 47.4 Å². The Hall–Kier alpha value is -8.16. The Morgan fingerprint density at radius 3 is 0.930 bits per heavy atom. The summed E-state index contributed by atoms with van der Waals surface area (Å²) in [6.07, 6.45) is 5.71. The maximum Gasteiger partial charge on any atom is 0.330 e. The van der Waals surface area contributed by atoms with Crippen LogP contribution < -0.4 is 18.9 Å². The van der Waals surface area contributed by atoms with Gasteiger partial charge in [-0.25, -0.2) is 9.59 Å². The lowest BCUT2D eigenvalue weighted by atomic mass is 9.82. The Labute approximate surface area is 502 Å². The molecule has 3 aromatic rings. The second kappa shape index (κ2) is 32.9. The number of benzene rings is 3. The van der Waals surface area contributed by atoms with E-state index >= 15 is 0 Å². The van der Waals surface area contributed by atoms with Gasteiger partial charge in [-0.2, -0.15) is 0 Å². The molecule has 0 heterocycles. The zero-order valence-electron chi connectivity index (χ0n) is 50.8. The first-order valence-electron chi connectivity index (χ1n) is 29.1. The van der Waals surface area contributed by atoms with Gasteiger partial charge in [0.15, 0.2) is 0 Å². The van der Waals surface area contributed by atoms with Crippen LogP contribution in [0.2, 0.25) is 0 Å². The maximum absolute atomic E-state index is 13.6. The Morgan fingerprint density at radius 1 is 0.395 bits per heavy atom. The maximum atomic E-state index is 13.6. The van der Waals surface area contributed by atoms with Crippen LogP contribution in [0.5, 0.6) is 23.0 Å². The summed E-state index contributed by atoms with van der Waals surface area (Å²) in [7, 11) is 0. The van der Waals surface area contributed by atoms with Gasteiger partial charge < -0.3 is 47.4 Å². The van der Waals surface area contributed by atoms with E-state index in [0.717, 1.165) is 23.3 Å². The van der Waals surface area contributed by atoms with Crippen LogP contribution >= 0.6 is 0 Å². The minimum absolute atomic E-state index is 0.000333. The molecule has 20 heteroatoms. The lowest BCUT2D eigenvalue weighted by Crippen LogP contribution is -2.31. The van der Waals surface area contributed by atoms with Crippen LogP contribution in [0.1, 0.15) is 138 Å². The predicted octanol–water partition coefficient (Wildman–Crippen LogP) is 9.88. The lowest BCUT2D eigenvalue weighted by Gasteiger charge is -2.28. The fourth-order valence-electron chi connectivity index (χ4n) is 9.44. The fraction of sp³-hybridized carbons (Fsp3) is 0.515. The first-order chi connectivity index (χ1) is 40.8. The molecule has 0 bridgehead atoms. The van der Waals surface area contributed by atoms with E-state index < -0.39 is 94.2 Å². The average Bonchev–Trinajstić information content (AvgIpc) is 3.08. The first kappa shape index (κ1) is 68.6. The molecule has 86 heavy (non-hydrogen) atoms. The molecule has 0 aliphatic heterocycles. The van der Waals surface area contributed by atoms with E-state index in [0.29, 0.717) is 109 Å². The summed E-state index contributed by atoms with van der Waals surface area (Å²) in [5.74, 6) is -5.16. The normalized spacial score (nSPS) is 16.7. The molecule has 0 aromatic heterocycles. The molecule has 3 aromatic carbocycles. The third-order valence-corrected chi connectivity index (χ3v) is 15.1. The molecule has 0 amide bonds. The summed E-state index contributed by atoms with van der Waals surface area (Å²) in [6, 6.07) is 13.7. The number of hydrogen-bond donors (Lipinski definition) is 0. The highest BCUT2D eigenvalue weighted by Gasteiger charge is 2.36. The van der Waals surface area contributed by atoms with Crippen molar-refractivity contribution < 1.29 is 95.3 Å². The van der Waals surface area contributed by atoms with Gasteiger partial charge in [0.25, 0.3) is 0 Å². The molecule has 0 N–H and O–H groups in total. The summed E-state index contributed by atoms with van der Waals surface area (Å²) in [6.45, 7) is 21.2. The van der Waals surface area contributed by atoms with E-state index in [2.05, 4.69) is 13.2 Å². The van der Waals surface area contributed by atoms with Crippen LogP contribution in [0.4, 0.5) is 0 Å². The topological polar surface area (TPSA) is 263 Å². The standard InChI is InChI=1S/C66H82O20/c1-11-53(67)79-37-65(7,8)39-81-57(71)31-29-55(69)77-35-33-45-13-25-51(26-14-45)83-61(73)47-17-21-49(22-18-47)63(75)85-59-41(3)43(5)60(44(6)42(59)4)86-64(76)50-23-19-48(20-24-50)62(74)84-52-27-15-46(16-28-52)34-36-78-56(70)30-32-58(72)82-40-66(9,10)38-80-54(68)12-2/h11-16,25-28,47-50H,1-2,17-24,29-40H2,3-10H3. The molecule has 2 saturated carbocycles. The lowest BCUT2D eigenvalue weighted by molar-refractivity contribution is -0.154. The molecule has 0 atom stereocenters. The molecular formula is C66H82O20. The molecule has 466 valence electrons. The third-order valence-electron chi connectivity index (χ3n) is 15.1. The van der Waals surface area contributed by atoms with Crippen LogP contribution in [0.25, 0.3) is 0 Å². The predicted molar refractivity (Wildman–Crippen MR) is 311 cm³/mol. The summed E-state index contributed by atoms with van der Waals surface area (Å²) >= 11 is 0. The van der Waals surface area contributed by atoms with Crippen LogP contribution in [-0.4, -0.2) is 99.3 Å². The number of hydrogen-bond acceptors (Lipinski definition) is 20. The Morgan fingerprint density at radius 2 is 0.651 bits per heavy atom. The third kappa shape index (κ3) is 22.4. The van der Waals surface area contributed by atoms with E-state index in [-0.39, 0.29) is 65.3 Å². The molecule has 0 saturated heterocycles. The van der Waals surface area contributed by atoms with Gasteiger partial charge >= 0.3 is 59.7 Å². The number of rotatable bonds is 30. The van der Waals surface area contributed by atoms with E-state index in [1.54, 1.807) is 76.2 Å². The van der Waals surface area contributed by atoms with Gasteiger partial charge in [0.05, 0.1) is 89.0 Å². The number of carbonyl (C=O) groups is 10. The zero-order chi connectivity index (χ0) is 63.1. The summed E-state index contributed by atoms with van der Waals surface area (Å²) < 4.78 is 54.5. The second-order valence-corrected chi connectivity index (χ2v) is 23.4. The van der Waals surface area contributed by atoms with Crippen molar-refractivity contribution in [2.24, 2.45) is 34.5 Å². The number of carbonyl (C=O) groups excluding carboxylic acids is 10. The minimum Gasteiger partial charge on any atom is -0.465 e. The summed E-state index contributed by atoms with van der Waals surface area (Å²) in [4.78, 5) is 125. The largest absolute Gasteiger partial charge is 0.465 e. The van der Waals surface area contributed by atoms with E-state index in [9.17, 15) is 47.9 Å². The van der Waals surface area contributed by atoms with Crippen molar-refractivity contribution in [3.8, 4) is 23.0 Å². The molecule has 2 fully saturated rings. The van der Waals surface area contributed by atoms with Crippen molar-refractivity contribution in [1.29, 1.82) is 0 Å². The Kier molecular flexibility index (Phi) is 26.3. The second-order valence-electron chi connectivity index (χ2n) is 23.4. The van der Waals surface area contributed by atoms with Gasteiger partial charge in [-0.05, 0) is 137 Å². The molecule has 0 spiro atoms. The first-order valence-corrected chi connectivity index (χ1v) is 29.1. The number of esters is 10. The highest BCUT2D eigenvalue weighted by molar-refractivity contribution is 5.83. The number of ether oxygens (including phenoxy) is 10. The van der Waals surface area contributed by atoms with Crippen LogP contribution in [-0.2, 0) is 89.2 Å². The highest BCUT2D eigenvalue weighted by Crippen LogP contribution is 2.40.